The Labute approximate surface area is 252 Å². The van der Waals surface area contributed by atoms with Crippen molar-refractivity contribution in [2.45, 2.75) is 32.7 Å². The summed E-state index contributed by atoms with van der Waals surface area (Å²) in [6.45, 7) is 8.38. The van der Waals surface area contributed by atoms with Crippen molar-refractivity contribution in [1.82, 2.24) is 0 Å². The highest BCUT2D eigenvalue weighted by Crippen LogP contribution is 2.23. The highest BCUT2D eigenvalue weighted by Gasteiger charge is 2.22. The average molecular weight is 577 g/mol. The molecule has 1 amide bonds. The normalized spacial score (nSPS) is 11.3. The number of aliphatic carboxylic acids is 1. The number of anilines is 2. The van der Waals surface area contributed by atoms with E-state index in [0.29, 0.717) is 47.7 Å². The summed E-state index contributed by atoms with van der Waals surface area (Å²) in [6, 6.07) is 29.9. The lowest BCUT2D eigenvalue weighted by molar-refractivity contribution is -0.137. The lowest BCUT2D eigenvalue weighted by Gasteiger charge is -2.24. The number of hydrogen-bond donors (Lipinski definition) is 2. The topological polar surface area (TPSA) is 95.9 Å². The van der Waals surface area contributed by atoms with Crippen molar-refractivity contribution >= 4 is 29.0 Å². The molecule has 0 radical (unpaired) electrons. The molecule has 1 unspecified atom stereocenters. The maximum Gasteiger partial charge on any atom is 0.326 e. The van der Waals surface area contributed by atoms with Crippen LogP contribution in [0.3, 0.4) is 0 Å². The van der Waals surface area contributed by atoms with Crippen LogP contribution in [0.5, 0.6) is 5.75 Å². The van der Waals surface area contributed by atoms with Crippen molar-refractivity contribution in [3.63, 3.8) is 0 Å². The van der Waals surface area contributed by atoms with Gasteiger partial charge in [0.1, 0.15) is 11.8 Å². The molecule has 4 rings (SSSR count). The Morgan fingerprint density at radius 1 is 0.884 bits per heavy atom. The van der Waals surface area contributed by atoms with Crippen LogP contribution in [0.25, 0.3) is 0 Å². The standard InChI is InChI=1S/C36H36N2O5/c1-25(2)35(40)38(33-17-10-7-12-26(33)3)22-11-23-43-29-20-18-27(19-21-29)24-32(36(41)42)37-31-16-9-8-15-30(31)34(39)28-13-5-4-6-14-28/h4-10,12-21,32,37H,1,11,22-24H2,2-3H3,(H,41,42). The Morgan fingerprint density at radius 2 is 1.53 bits per heavy atom. The lowest BCUT2D eigenvalue weighted by atomic mass is 10.00. The van der Waals surface area contributed by atoms with Crippen molar-refractivity contribution in [2.24, 2.45) is 0 Å². The van der Waals surface area contributed by atoms with Crippen molar-refractivity contribution in [2.75, 3.05) is 23.4 Å². The minimum absolute atomic E-state index is 0.118. The molecule has 0 aliphatic carbocycles. The number of benzene rings is 4. The number of carbonyl (C=O) groups excluding carboxylic acids is 2. The van der Waals surface area contributed by atoms with Gasteiger partial charge in [0.25, 0.3) is 5.91 Å². The van der Waals surface area contributed by atoms with Crippen LogP contribution in [-0.4, -0.2) is 42.0 Å². The first kappa shape index (κ1) is 30.8. The van der Waals surface area contributed by atoms with E-state index in [1.165, 1.54) is 0 Å². The first-order chi connectivity index (χ1) is 20.7. The number of rotatable bonds is 14. The molecule has 1 atom stereocenters. The Hall–Kier alpha value is -5.17. The highest BCUT2D eigenvalue weighted by atomic mass is 16.5. The van der Waals surface area contributed by atoms with Gasteiger partial charge in [-0.3, -0.25) is 9.59 Å². The zero-order chi connectivity index (χ0) is 30.8. The van der Waals surface area contributed by atoms with Gasteiger partial charge in [0.15, 0.2) is 5.78 Å². The summed E-state index contributed by atoms with van der Waals surface area (Å²) in [5.74, 6) is -0.673. The number of carboxylic acid groups (broad SMARTS) is 1. The minimum atomic E-state index is -1.02. The van der Waals surface area contributed by atoms with Gasteiger partial charge < -0.3 is 20.1 Å². The minimum Gasteiger partial charge on any atom is -0.494 e. The number of hydrogen-bond acceptors (Lipinski definition) is 5. The van der Waals surface area contributed by atoms with E-state index >= 15 is 0 Å². The van der Waals surface area contributed by atoms with E-state index in [0.717, 1.165) is 16.8 Å². The maximum atomic E-state index is 13.1. The van der Waals surface area contributed by atoms with Gasteiger partial charge >= 0.3 is 5.97 Å². The van der Waals surface area contributed by atoms with Crippen LogP contribution < -0.4 is 15.0 Å². The Kier molecular flexibility index (Phi) is 10.5. The van der Waals surface area contributed by atoms with Crippen molar-refractivity contribution in [1.29, 1.82) is 0 Å². The van der Waals surface area contributed by atoms with Crippen LogP contribution in [0.15, 0.2) is 115 Å². The second-order valence-corrected chi connectivity index (χ2v) is 10.3. The van der Waals surface area contributed by atoms with Gasteiger partial charge in [-0.2, -0.15) is 0 Å². The molecule has 0 heterocycles. The van der Waals surface area contributed by atoms with Gasteiger partial charge in [0.2, 0.25) is 0 Å². The van der Waals surface area contributed by atoms with Crippen LogP contribution >= 0.6 is 0 Å². The summed E-state index contributed by atoms with van der Waals surface area (Å²) in [5.41, 5.74) is 4.55. The monoisotopic (exact) mass is 576 g/mol. The van der Waals surface area contributed by atoms with Gasteiger partial charge in [0.05, 0.1) is 6.61 Å². The molecule has 220 valence electrons. The molecular weight excluding hydrogens is 540 g/mol. The van der Waals surface area contributed by atoms with E-state index in [-0.39, 0.29) is 18.1 Å². The number of nitrogens with one attached hydrogen (secondary N) is 1. The van der Waals surface area contributed by atoms with Gasteiger partial charge in [-0.25, -0.2) is 4.79 Å². The molecule has 7 heteroatoms. The van der Waals surface area contributed by atoms with Gasteiger partial charge in [-0.05, 0) is 61.7 Å². The number of para-hydroxylation sites is 2. The Balaban J connectivity index is 1.36. The van der Waals surface area contributed by atoms with Crippen LogP contribution in [0.2, 0.25) is 0 Å². The summed E-state index contributed by atoms with van der Waals surface area (Å²) in [5, 5.41) is 13.0. The third-order valence-corrected chi connectivity index (χ3v) is 7.01. The number of carbonyl (C=O) groups is 3. The molecule has 0 aliphatic heterocycles. The summed E-state index contributed by atoms with van der Waals surface area (Å²) in [4.78, 5) is 39.8. The van der Waals surface area contributed by atoms with E-state index in [9.17, 15) is 19.5 Å². The largest absolute Gasteiger partial charge is 0.494 e. The number of amides is 1. The van der Waals surface area contributed by atoms with Crippen molar-refractivity contribution in [3.8, 4) is 5.75 Å². The molecule has 0 saturated carbocycles. The molecule has 7 nitrogen and oxygen atoms in total. The van der Waals surface area contributed by atoms with Crippen molar-refractivity contribution < 1.29 is 24.2 Å². The van der Waals surface area contributed by atoms with Crippen LogP contribution in [-0.2, 0) is 16.0 Å². The van der Waals surface area contributed by atoms with E-state index < -0.39 is 12.0 Å². The Bertz CT molecular complexity index is 1580. The fourth-order valence-electron chi connectivity index (χ4n) is 4.74. The maximum absolute atomic E-state index is 13.1. The molecule has 2 N–H and O–H groups in total. The second kappa shape index (κ2) is 14.6. The summed E-state index contributed by atoms with van der Waals surface area (Å²) in [7, 11) is 0. The van der Waals surface area contributed by atoms with E-state index in [2.05, 4.69) is 11.9 Å². The number of ether oxygens (including phenoxy) is 1. The van der Waals surface area contributed by atoms with Crippen LogP contribution in [0.1, 0.15) is 40.4 Å². The molecule has 0 aliphatic rings. The predicted octanol–water partition coefficient (Wildman–Crippen LogP) is 6.71. The van der Waals surface area contributed by atoms with Gasteiger partial charge in [-0.15, -0.1) is 0 Å². The molecule has 43 heavy (non-hydrogen) atoms. The molecule has 0 aromatic heterocycles. The first-order valence-electron chi connectivity index (χ1n) is 14.2. The summed E-state index contributed by atoms with van der Waals surface area (Å²) >= 11 is 0. The zero-order valence-electron chi connectivity index (χ0n) is 24.5. The smallest absolute Gasteiger partial charge is 0.326 e. The molecule has 0 bridgehead atoms. The number of carboxylic acids is 1. The fraction of sp³-hybridized carbons (Fsp3) is 0.194. The molecule has 0 spiro atoms. The summed E-state index contributed by atoms with van der Waals surface area (Å²) in [6.07, 6.45) is 0.819. The zero-order valence-corrected chi connectivity index (χ0v) is 24.5. The number of nitrogens with zero attached hydrogens (tertiary/aromatic N) is 1. The molecule has 4 aromatic rings. The highest BCUT2D eigenvalue weighted by molar-refractivity contribution is 6.12. The molecular formula is C36H36N2O5. The van der Waals surface area contributed by atoms with E-state index in [4.69, 9.17) is 4.74 Å². The van der Waals surface area contributed by atoms with Gasteiger partial charge in [-0.1, -0.05) is 79.4 Å². The second-order valence-electron chi connectivity index (χ2n) is 10.3. The van der Waals surface area contributed by atoms with Crippen LogP contribution in [0.4, 0.5) is 11.4 Å². The van der Waals surface area contributed by atoms with Crippen LogP contribution in [0, 0.1) is 6.92 Å². The van der Waals surface area contributed by atoms with E-state index in [1.807, 2.05) is 49.4 Å². The number of aryl methyl sites for hydroxylation is 1. The predicted molar refractivity (Wildman–Crippen MR) is 170 cm³/mol. The lowest BCUT2D eigenvalue weighted by Crippen LogP contribution is -2.33. The molecule has 0 saturated heterocycles. The molecule has 0 fully saturated rings. The molecule has 4 aromatic carbocycles. The fourth-order valence-corrected chi connectivity index (χ4v) is 4.74. The SMILES string of the molecule is C=C(C)C(=O)N(CCCOc1ccc(CC(Nc2ccccc2C(=O)c2ccccc2)C(=O)O)cc1)c1ccccc1C. The number of ketones is 1. The third kappa shape index (κ3) is 8.20. The average Bonchev–Trinajstić information content (AvgIpc) is 3.02. The summed E-state index contributed by atoms with van der Waals surface area (Å²) < 4.78 is 5.92. The first-order valence-corrected chi connectivity index (χ1v) is 14.2. The van der Waals surface area contributed by atoms with Crippen molar-refractivity contribution in [3.05, 3.63) is 138 Å². The van der Waals surface area contributed by atoms with E-state index in [1.54, 1.807) is 72.5 Å². The van der Waals surface area contributed by atoms with Gasteiger partial charge in [0, 0.05) is 41.0 Å². The Morgan fingerprint density at radius 3 is 2.21 bits per heavy atom. The third-order valence-electron chi connectivity index (χ3n) is 7.01. The quantitative estimate of drug-likeness (QED) is 0.0984.